The molecule has 162 valence electrons. The molecule has 1 heterocycles. The van der Waals surface area contributed by atoms with Crippen LogP contribution in [0.3, 0.4) is 0 Å². The van der Waals surface area contributed by atoms with Crippen LogP contribution in [-0.2, 0) is 14.2 Å². The van der Waals surface area contributed by atoms with Crippen LogP contribution in [0.25, 0.3) is 0 Å². The number of rotatable bonds is 0. The van der Waals surface area contributed by atoms with E-state index in [-0.39, 0.29) is 0 Å². The molecule has 0 saturated heterocycles. The Morgan fingerprint density at radius 3 is 1.86 bits per heavy atom. The molecule has 0 unspecified atom stereocenters. The normalized spacial score (nSPS) is 12.9. The highest BCUT2D eigenvalue weighted by Gasteiger charge is 2.38. The van der Waals surface area contributed by atoms with Gasteiger partial charge in [-0.1, -0.05) is 0 Å². The summed E-state index contributed by atoms with van der Waals surface area (Å²) in [5, 5.41) is 3.91. The first-order chi connectivity index (χ1) is 13.0. The van der Waals surface area contributed by atoms with Crippen LogP contribution in [0.2, 0.25) is 0 Å². The van der Waals surface area contributed by atoms with Gasteiger partial charge < -0.3 is 14.2 Å². The van der Waals surface area contributed by atoms with E-state index in [1.807, 2.05) is 0 Å². The van der Waals surface area contributed by atoms with Gasteiger partial charge in [0.25, 0.3) is 0 Å². The molecule has 10 heteroatoms. The Hall–Kier alpha value is -2.91. The Balaban J connectivity index is 3.20. The number of aromatic nitrogens is 2. The highest BCUT2D eigenvalue weighted by Crippen LogP contribution is 2.20. The molecule has 1 rings (SSSR count). The van der Waals surface area contributed by atoms with Crippen LogP contribution in [0, 0.1) is 0 Å². The molecular weight excluding hydrogens is 380 g/mol. The van der Waals surface area contributed by atoms with Crippen molar-refractivity contribution < 1.29 is 28.6 Å². The monoisotopic (exact) mass is 410 g/mol. The topological polar surface area (TPSA) is 112 Å². The zero-order valence-corrected chi connectivity index (χ0v) is 18.5. The molecule has 1 aromatic heterocycles. The smallest absolute Gasteiger partial charge is 0.438 e. The molecular formula is C19H30N4O6. The highest BCUT2D eigenvalue weighted by atomic mass is 16.6. The zero-order valence-electron chi connectivity index (χ0n) is 18.5. The van der Waals surface area contributed by atoms with Crippen LogP contribution in [0.4, 0.5) is 14.4 Å². The number of carbonyl (C=O) groups excluding carboxylic acids is 3. The molecule has 0 atom stereocenters. The molecule has 3 amide bonds. The lowest BCUT2D eigenvalue weighted by atomic mass is 10.1. The van der Waals surface area contributed by atoms with Gasteiger partial charge in [0.1, 0.15) is 11.2 Å². The summed E-state index contributed by atoms with van der Waals surface area (Å²) in [5.41, 5.74) is -2.59. The number of nitrogens with zero attached hydrogens (tertiary/aromatic N) is 4. The highest BCUT2D eigenvalue weighted by molar-refractivity contribution is 5.98. The minimum absolute atomic E-state index is 0.466. The Kier molecular flexibility index (Phi) is 7.18. The zero-order chi connectivity index (χ0) is 22.6. The van der Waals surface area contributed by atoms with Crippen molar-refractivity contribution in [3.05, 3.63) is 18.5 Å². The molecule has 29 heavy (non-hydrogen) atoms. The molecule has 1 aromatic rings. The molecule has 0 N–H and O–H groups in total. The summed E-state index contributed by atoms with van der Waals surface area (Å²) in [6.45, 7) is 14.9. The van der Waals surface area contributed by atoms with Crippen molar-refractivity contribution in [1.29, 1.82) is 0 Å². The first kappa shape index (κ1) is 24.1. The summed E-state index contributed by atoms with van der Waals surface area (Å²) in [6, 6.07) is 1.08. The maximum atomic E-state index is 12.8. The van der Waals surface area contributed by atoms with E-state index in [9.17, 15) is 14.4 Å². The first-order valence-corrected chi connectivity index (χ1v) is 9.06. The van der Waals surface area contributed by atoms with E-state index in [0.717, 1.165) is 9.58 Å². The Labute approximate surface area is 170 Å². The first-order valence-electron chi connectivity index (χ1n) is 9.06. The number of carbonyl (C=O) groups is 3. The van der Waals surface area contributed by atoms with E-state index >= 15 is 0 Å². The number of hydrogen-bond acceptors (Lipinski definition) is 7. The lowest BCUT2D eigenvalue weighted by Crippen LogP contribution is -2.52. The molecule has 0 fully saturated rings. The van der Waals surface area contributed by atoms with Gasteiger partial charge in [0.15, 0.2) is 0 Å². The average Bonchev–Trinajstić information content (AvgIpc) is 2.94. The number of hydrogen-bond donors (Lipinski definition) is 0. The SMILES string of the molecule is CC(C)(C)OC(=O)/N=C(/OC(=O)N(C(=O)OC(C)(C)C)C(C)(C)C)n1cccn1. The largest absolute Gasteiger partial charge is 0.443 e. The van der Waals surface area contributed by atoms with Crippen LogP contribution < -0.4 is 0 Å². The fourth-order valence-electron chi connectivity index (χ4n) is 1.92. The quantitative estimate of drug-likeness (QED) is 0.358. The van der Waals surface area contributed by atoms with Crippen molar-refractivity contribution in [2.45, 2.75) is 79.1 Å². The minimum Gasteiger partial charge on any atom is -0.443 e. The van der Waals surface area contributed by atoms with E-state index in [1.165, 1.54) is 12.4 Å². The van der Waals surface area contributed by atoms with Gasteiger partial charge in [0.05, 0.1) is 0 Å². The van der Waals surface area contributed by atoms with E-state index in [4.69, 9.17) is 14.2 Å². The maximum absolute atomic E-state index is 12.8. The van der Waals surface area contributed by atoms with E-state index in [0.29, 0.717) is 0 Å². The molecule has 10 nitrogen and oxygen atoms in total. The molecule has 0 spiro atoms. The summed E-state index contributed by atoms with van der Waals surface area (Å²) < 4.78 is 16.7. The van der Waals surface area contributed by atoms with Gasteiger partial charge in [0, 0.05) is 17.9 Å². The fraction of sp³-hybridized carbons (Fsp3) is 0.632. The lowest BCUT2D eigenvalue weighted by Gasteiger charge is -2.34. The van der Waals surface area contributed by atoms with Gasteiger partial charge in [-0.3, -0.25) is 0 Å². The summed E-state index contributed by atoms with van der Waals surface area (Å²) in [7, 11) is 0. The number of ether oxygens (including phenoxy) is 3. The molecule has 0 aliphatic heterocycles. The third-order valence-electron chi connectivity index (χ3n) is 2.89. The number of imide groups is 1. The van der Waals surface area contributed by atoms with Gasteiger partial charge in [-0.2, -0.15) is 9.78 Å². The van der Waals surface area contributed by atoms with Crippen LogP contribution in [0.5, 0.6) is 0 Å². The second-order valence-corrected chi connectivity index (χ2v) is 9.18. The summed E-state index contributed by atoms with van der Waals surface area (Å²) in [5.74, 6) is 0. The van der Waals surface area contributed by atoms with Gasteiger partial charge in [-0.05, 0) is 68.4 Å². The molecule has 0 bridgehead atoms. The van der Waals surface area contributed by atoms with E-state index < -0.39 is 41.0 Å². The summed E-state index contributed by atoms with van der Waals surface area (Å²) in [6.07, 6.45) is -0.119. The Morgan fingerprint density at radius 2 is 1.45 bits per heavy atom. The minimum atomic E-state index is -1.08. The third kappa shape index (κ3) is 8.32. The van der Waals surface area contributed by atoms with Gasteiger partial charge in [0.2, 0.25) is 0 Å². The predicted octanol–water partition coefficient (Wildman–Crippen LogP) is 4.19. The Bertz CT molecular complexity index is 764. The van der Waals surface area contributed by atoms with Crippen LogP contribution in [-0.4, -0.2) is 55.7 Å². The average molecular weight is 410 g/mol. The fourth-order valence-corrected chi connectivity index (χ4v) is 1.92. The van der Waals surface area contributed by atoms with Crippen molar-refractivity contribution >= 4 is 24.3 Å². The van der Waals surface area contributed by atoms with Crippen molar-refractivity contribution in [2.75, 3.05) is 0 Å². The Morgan fingerprint density at radius 1 is 0.897 bits per heavy atom. The van der Waals surface area contributed by atoms with Crippen LogP contribution >= 0.6 is 0 Å². The van der Waals surface area contributed by atoms with Gasteiger partial charge in [-0.15, -0.1) is 4.99 Å². The predicted molar refractivity (Wildman–Crippen MR) is 106 cm³/mol. The van der Waals surface area contributed by atoms with E-state index in [1.54, 1.807) is 68.4 Å². The van der Waals surface area contributed by atoms with Crippen molar-refractivity contribution in [2.24, 2.45) is 4.99 Å². The molecule has 0 radical (unpaired) electrons. The van der Waals surface area contributed by atoms with Crippen LogP contribution in [0.15, 0.2) is 23.5 Å². The molecule has 0 aliphatic carbocycles. The summed E-state index contributed by atoms with van der Waals surface area (Å²) in [4.78, 5) is 42.0. The lowest BCUT2D eigenvalue weighted by molar-refractivity contribution is 0.0111. The van der Waals surface area contributed by atoms with E-state index in [2.05, 4.69) is 10.1 Å². The standard InChI is InChI=1S/C19H30N4O6/c1-17(2,3)23(16(26)29-19(7,8)9)15(25)27-13(22-12-10-11-20-22)21-14(24)28-18(4,5)6/h10-12H,1-9H3/b21-13+. The maximum Gasteiger partial charge on any atom is 0.438 e. The number of aliphatic imine (C=N–C) groups is 1. The summed E-state index contributed by atoms with van der Waals surface area (Å²) >= 11 is 0. The second kappa shape index (κ2) is 8.62. The number of amides is 3. The van der Waals surface area contributed by atoms with Crippen molar-refractivity contribution in [3.8, 4) is 0 Å². The third-order valence-corrected chi connectivity index (χ3v) is 2.89. The van der Waals surface area contributed by atoms with Gasteiger partial charge in [-0.25, -0.2) is 19.3 Å². The molecule has 0 saturated carbocycles. The second-order valence-electron chi connectivity index (χ2n) is 9.18. The van der Waals surface area contributed by atoms with Gasteiger partial charge >= 0.3 is 24.3 Å². The van der Waals surface area contributed by atoms with Crippen LogP contribution in [0.1, 0.15) is 62.3 Å². The molecule has 0 aliphatic rings. The van der Waals surface area contributed by atoms with Crippen molar-refractivity contribution in [1.82, 2.24) is 14.7 Å². The van der Waals surface area contributed by atoms with Crippen molar-refractivity contribution in [3.63, 3.8) is 0 Å². The molecule has 0 aromatic carbocycles.